The van der Waals surface area contributed by atoms with E-state index in [9.17, 15) is 4.79 Å². The molecule has 0 aliphatic carbocycles. The predicted molar refractivity (Wildman–Crippen MR) is 59.0 cm³/mol. The lowest BCUT2D eigenvalue weighted by Crippen LogP contribution is -2.52. The van der Waals surface area contributed by atoms with Crippen LogP contribution >= 0.6 is 0 Å². The molecule has 0 spiro atoms. The van der Waals surface area contributed by atoms with Crippen LogP contribution in [0.2, 0.25) is 0 Å². The molecule has 2 heterocycles. The number of hydrogen-bond donors (Lipinski definition) is 2. The van der Waals surface area contributed by atoms with E-state index >= 15 is 0 Å². The fourth-order valence-electron chi connectivity index (χ4n) is 2.21. The van der Waals surface area contributed by atoms with Gasteiger partial charge >= 0.3 is 0 Å². The molecule has 0 aromatic rings. The number of nitrogens with zero attached hydrogens (tertiary/aromatic N) is 1. The Kier molecular flexibility index (Phi) is 4.15. The van der Waals surface area contributed by atoms with Crippen molar-refractivity contribution in [1.82, 2.24) is 10.2 Å². The lowest BCUT2D eigenvalue weighted by atomic mass is 10.0. The van der Waals surface area contributed by atoms with Gasteiger partial charge in [-0.3, -0.25) is 9.69 Å². The zero-order valence-corrected chi connectivity index (χ0v) is 9.52. The van der Waals surface area contributed by atoms with Crippen molar-refractivity contribution in [1.29, 1.82) is 0 Å². The Balaban J connectivity index is 1.54. The number of carbonyl (C=O) groups is 1. The average molecular weight is 228 g/mol. The van der Waals surface area contributed by atoms with Crippen LogP contribution in [0, 0.1) is 5.92 Å². The zero-order chi connectivity index (χ0) is 11.4. The first-order valence-electron chi connectivity index (χ1n) is 5.99. The molecule has 2 N–H and O–H groups in total. The fourth-order valence-corrected chi connectivity index (χ4v) is 2.21. The molecule has 0 radical (unpaired) electrons. The maximum Gasteiger partial charge on any atom is 0.234 e. The summed E-state index contributed by atoms with van der Waals surface area (Å²) in [6.45, 7) is 3.81. The second-order valence-corrected chi connectivity index (χ2v) is 4.68. The van der Waals surface area contributed by atoms with E-state index in [4.69, 9.17) is 9.84 Å². The molecular weight excluding hydrogens is 208 g/mol. The van der Waals surface area contributed by atoms with E-state index in [2.05, 4.69) is 5.32 Å². The summed E-state index contributed by atoms with van der Waals surface area (Å²) in [5.41, 5.74) is 0. The van der Waals surface area contributed by atoms with E-state index in [1.165, 1.54) is 0 Å². The highest BCUT2D eigenvalue weighted by atomic mass is 16.5. The summed E-state index contributed by atoms with van der Waals surface area (Å²) in [5, 5.41) is 11.7. The van der Waals surface area contributed by atoms with E-state index in [-0.39, 0.29) is 18.6 Å². The highest BCUT2D eigenvalue weighted by molar-refractivity contribution is 5.78. The summed E-state index contributed by atoms with van der Waals surface area (Å²) in [6, 6.07) is 0. The van der Waals surface area contributed by atoms with Gasteiger partial charge in [-0.05, 0) is 12.8 Å². The van der Waals surface area contributed by atoms with Crippen LogP contribution in [0.25, 0.3) is 0 Å². The molecular formula is C11H20N2O3. The van der Waals surface area contributed by atoms with E-state index < -0.39 is 0 Å². The summed E-state index contributed by atoms with van der Waals surface area (Å²) in [5.74, 6) is 0.429. The van der Waals surface area contributed by atoms with Gasteiger partial charge in [0.1, 0.15) is 0 Å². The average Bonchev–Trinajstić information content (AvgIpc) is 2.72. The molecule has 2 fully saturated rings. The smallest absolute Gasteiger partial charge is 0.234 e. The normalized spacial score (nSPS) is 26.7. The molecule has 2 rings (SSSR count). The van der Waals surface area contributed by atoms with Crippen molar-refractivity contribution >= 4 is 5.91 Å². The molecule has 1 unspecified atom stereocenters. The molecule has 0 aromatic heterocycles. The third-order valence-electron chi connectivity index (χ3n) is 3.21. The zero-order valence-electron chi connectivity index (χ0n) is 9.52. The molecule has 2 aliphatic rings. The van der Waals surface area contributed by atoms with Crippen LogP contribution in [-0.4, -0.2) is 61.4 Å². The summed E-state index contributed by atoms with van der Waals surface area (Å²) < 4.78 is 5.42. The third kappa shape index (κ3) is 3.17. The number of aliphatic hydroxyl groups is 1. The maximum absolute atomic E-state index is 11.5. The second kappa shape index (κ2) is 5.61. The molecule has 2 saturated heterocycles. The number of likely N-dealkylation sites (tertiary alicyclic amines) is 1. The predicted octanol–water partition coefficient (Wildman–Crippen LogP) is -0.794. The Labute approximate surface area is 95.8 Å². The van der Waals surface area contributed by atoms with Crippen LogP contribution in [0.3, 0.4) is 0 Å². The molecule has 16 heavy (non-hydrogen) atoms. The first kappa shape index (κ1) is 11.8. The van der Waals surface area contributed by atoms with Gasteiger partial charge in [0.2, 0.25) is 5.91 Å². The van der Waals surface area contributed by atoms with Gasteiger partial charge < -0.3 is 15.2 Å². The van der Waals surface area contributed by atoms with Crippen molar-refractivity contribution in [3.63, 3.8) is 0 Å². The van der Waals surface area contributed by atoms with Crippen molar-refractivity contribution in [3.8, 4) is 0 Å². The lowest BCUT2D eigenvalue weighted by Gasteiger charge is -2.37. The molecule has 0 saturated carbocycles. The largest absolute Gasteiger partial charge is 0.396 e. The Hall–Kier alpha value is -0.650. The van der Waals surface area contributed by atoms with Gasteiger partial charge in [0, 0.05) is 38.8 Å². The van der Waals surface area contributed by atoms with E-state index in [1.54, 1.807) is 0 Å². The number of hydrogen-bond acceptors (Lipinski definition) is 4. The fraction of sp³-hybridized carbons (Fsp3) is 0.909. The Bertz CT molecular complexity index is 235. The molecule has 5 heteroatoms. The van der Waals surface area contributed by atoms with E-state index in [0.29, 0.717) is 19.0 Å². The Morgan fingerprint density at radius 1 is 1.50 bits per heavy atom. The van der Waals surface area contributed by atoms with Crippen LogP contribution < -0.4 is 5.32 Å². The highest BCUT2D eigenvalue weighted by Crippen LogP contribution is 2.13. The Morgan fingerprint density at radius 3 is 2.94 bits per heavy atom. The molecule has 2 aliphatic heterocycles. The van der Waals surface area contributed by atoms with E-state index in [0.717, 1.165) is 32.5 Å². The van der Waals surface area contributed by atoms with Crippen molar-refractivity contribution in [2.24, 2.45) is 5.92 Å². The number of aliphatic hydroxyl groups excluding tert-OH is 1. The topological polar surface area (TPSA) is 61.8 Å². The van der Waals surface area contributed by atoms with E-state index in [1.807, 2.05) is 4.90 Å². The van der Waals surface area contributed by atoms with Crippen LogP contribution in [0.5, 0.6) is 0 Å². The minimum atomic E-state index is 0.0619. The highest BCUT2D eigenvalue weighted by Gasteiger charge is 2.27. The first-order valence-corrected chi connectivity index (χ1v) is 5.99. The van der Waals surface area contributed by atoms with Crippen molar-refractivity contribution in [2.75, 3.05) is 39.4 Å². The molecule has 0 bridgehead atoms. The number of ether oxygens (including phenoxy) is 1. The summed E-state index contributed by atoms with van der Waals surface area (Å²) in [4.78, 5) is 13.6. The summed E-state index contributed by atoms with van der Waals surface area (Å²) in [7, 11) is 0. The van der Waals surface area contributed by atoms with Crippen molar-refractivity contribution in [2.45, 2.75) is 18.9 Å². The Morgan fingerprint density at radius 2 is 2.31 bits per heavy atom. The van der Waals surface area contributed by atoms with Crippen LogP contribution in [0.4, 0.5) is 0 Å². The van der Waals surface area contributed by atoms with Crippen LogP contribution in [-0.2, 0) is 9.53 Å². The summed E-state index contributed by atoms with van der Waals surface area (Å²) >= 11 is 0. The lowest BCUT2D eigenvalue weighted by molar-refractivity contribution is -0.124. The molecule has 0 aromatic carbocycles. The third-order valence-corrected chi connectivity index (χ3v) is 3.21. The van der Waals surface area contributed by atoms with Gasteiger partial charge in [-0.15, -0.1) is 0 Å². The number of rotatable bonds is 5. The van der Waals surface area contributed by atoms with Crippen molar-refractivity contribution in [3.05, 3.63) is 0 Å². The SMILES string of the molecule is O=C(CN1CC(CO)C1)NCC1CCCO1. The number of nitrogens with one attached hydrogen (secondary N) is 1. The summed E-state index contributed by atoms with van der Waals surface area (Å²) in [6.07, 6.45) is 2.37. The first-order chi connectivity index (χ1) is 7.78. The molecule has 92 valence electrons. The number of amides is 1. The molecule has 5 nitrogen and oxygen atoms in total. The number of carbonyl (C=O) groups excluding carboxylic acids is 1. The van der Waals surface area contributed by atoms with Gasteiger partial charge in [0.05, 0.1) is 12.6 Å². The van der Waals surface area contributed by atoms with Gasteiger partial charge in [0.25, 0.3) is 0 Å². The van der Waals surface area contributed by atoms with Crippen LogP contribution in [0.15, 0.2) is 0 Å². The van der Waals surface area contributed by atoms with Crippen molar-refractivity contribution < 1.29 is 14.6 Å². The standard InChI is InChI=1S/C11H20N2O3/c14-8-9-5-13(6-9)7-11(15)12-4-10-2-1-3-16-10/h9-10,14H,1-8H2,(H,12,15). The quantitative estimate of drug-likeness (QED) is 0.647. The van der Waals surface area contributed by atoms with Gasteiger partial charge in [0.15, 0.2) is 0 Å². The monoisotopic (exact) mass is 228 g/mol. The minimum absolute atomic E-state index is 0.0619. The van der Waals surface area contributed by atoms with Gasteiger partial charge in [-0.2, -0.15) is 0 Å². The van der Waals surface area contributed by atoms with Gasteiger partial charge in [-0.25, -0.2) is 0 Å². The molecule has 1 amide bonds. The van der Waals surface area contributed by atoms with Gasteiger partial charge in [-0.1, -0.05) is 0 Å². The second-order valence-electron chi connectivity index (χ2n) is 4.68. The minimum Gasteiger partial charge on any atom is -0.396 e. The van der Waals surface area contributed by atoms with Crippen LogP contribution in [0.1, 0.15) is 12.8 Å². The maximum atomic E-state index is 11.5. The molecule has 1 atom stereocenters.